The summed E-state index contributed by atoms with van der Waals surface area (Å²) in [5.74, 6) is -0.231. The number of carbonyl (C=O) groups is 1. The summed E-state index contributed by atoms with van der Waals surface area (Å²) in [6, 6.07) is 4.13. The van der Waals surface area contributed by atoms with Gasteiger partial charge >= 0.3 is 0 Å². The highest BCUT2D eigenvalue weighted by Gasteiger charge is 2.73. The van der Waals surface area contributed by atoms with E-state index in [0.717, 1.165) is 16.7 Å². The zero-order chi connectivity index (χ0) is 15.3. The molecule has 3 fully saturated rings. The average molecular weight is 298 g/mol. The molecule has 6 atom stereocenters. The number of hydrogen-bond donors (Lipinski definition) is 1. The molecule has 22 heavy (non-hydrogen) atoms. The molecule has 1 aromatic rings. The second-order valence-electron chi connectivity index (χ2n) is 7.08. The molecule has 3 heterocycles. The third-order valence-corrected chi connectivity index (χ3v) is 5.67. The third kappa shape index (κ3) is 1.33. The molecule has 3 aliphatic heterocycles. The van der Waals surface area contributed by atoms with Gasteiger partial charge in [-0.25, -0.2) is 0 Å². The fourth-order valence-corrected chi connectivity index (χ4v) is 4.91. The molecule has 0 saturated carbocycles. The Kier molecular flexibility index (Phi) is 2.23. The number of ether oxygens (including phenoxy) is 2. The molecule has 1 aromatic carbocycles. The summed E-state index contributed by atoms with van der Waals surface area (Å²) in [4.78, 5) is 13.0. The smallest absolute Gasteiger partial charge is 0.173 e. The highest BCUT2D eigenvalue weighted by atomic mass is 16.7. The van der Waals surface area contributed by atoms with Crippen LogP contribution in [0.5, 0.6) is 0 Å². The lowest BCUT2D eigenvalue weighted by Gasteiger charge is -2.16. The normalized spacial score (nSPS) is 41.1. The standard InChI is InChI=1S/C18H18O4/c1-6-4-7(2)9(8(3)5-6)10-13(19)11-12(14(10)20)16-18-17(22-18)15(11)21-16/h4-5,11-12,15-19H,1-3H3/t11-,12+,15?,16?,17?,18?/m1/s1. The number of aliphatic hydroxyl groups excluding tert-OH is 1. The van der Waals surface area contributed by atoms with Gasteiger partial charge < -0.3 is 14.6 Å². The van der Waals surface area contributed by atoms with Gasteiger partial charge in [-0.15, -0.1) is 0 Å². The van der Waals surface area contributed by atoms with Crippen LogP contribution in [0.3, 0.4) is 0 Å². The highest BCUT2D eigenvalue weighted by molar-refractivity contribution is 6.26. The molecular formula is C18H18O4. The Hall–Kier alpha value is -1.65. The lowest BCUT2D eigenvalue weighted by molar-refractivity contribution is -0.119. The van der Waals surface area contributed by atoms with Crippen molar-refractivity contribution < 1.29 is 19.4 Å². The Labute approximate surface area is 128 Å². The summed E-state index contributed by atoms with van der Waals surface area (Å²) in [7, 11) is 0. The molecule has 5 rings (SSSR count). The summed E-state index contributed by atoms with van der Waals surface area (Å²) in [5.41, 5.74) is 4.67. The van der Waals surface area contributed by atoms with Crippen LogP contribution >= 0.6 is 0 Å². The Bertz CT molecular complexity index is 739. The van der Waals surface area contributed by atoms with Crippen LogP contribution in [0.15, 0.2) is 17.9 Å². The minimum atomic E-state index is -0.260. The summed E-state index contributed by atoms with van der Waals surface area (Å²) in [6.07, 6.45) is -0.158. The molecule has 0 radical (unpaired) electrons. The predicted molar refractivity (Wildman–Crippen MR) is 79.5 cm³/mol. The fourth-order valence-electron chi connectivity index (χ4n) is 4.91. The van der Waals surface area contributed by atoms with Crippen molar-refractivity contribution in [1.82, 2.24) is 0 Å². The average Bonchev–Trinajstić information content (AvgIpc) is 2.97. The number of benzene rings is 1. The van der Waals surface area contributed by atoms with Crippen molar-refractivity contribution in [2.24, 2.45) is 11.8 Å². The van der Waals surface area contributed by atoms with E-state index in [4.69, 9.17) is 9.47 Å². The summed E-state index contributed by atoms with van der Waals surface area (Å²) < 4.78 is 11.4. The Morgan fingerprint density at radius 2 is 1.45 bits per heavy atom. The number of ketones is 1. The summed E-state index contributed by atoms with van der Waals surface area (Å²) in [6.45, 7) is 6.05. The first kappa shape index (κ1) is 12.9. The van der Waals surface area contributed by atoms with E-state index < -0.39 is 0 Å². The van der Waals surface area contributed by atoms with Crippen LogP contribution in [-0.2, 0) is 14.3 Å². The van der Waals surface area contributed by atoms with Gasteiger partial charge in [0.25, 0.3) is 0 Å². The van der Waals surface area contributed by atoms with Crippen LogP contribution in [0.2, 0.25) is 0 Å². The summed E-state index contributed by atoms with van der Waals surface area (Å²) >= 11 is 0. The first-order valence-corrected chi connectivity index (χ1v) is 7.85. The number of rotatable bonds is 1. The van der Waals surface area contributed by atoms with Gasteiger partial charge in [-0.05, 0) is 37.5 Å². The highest BCUT2D eigenvalue weighted by Crippen LogP contribution is 2.60. The zero-order valence-corrected chi connectivity index (χ0v) is 12.8. The van der Waals surface area contributed by atoms with Crippen molar-refractivity contribution in [3.8, 4) is 0 Å². The number of epoxide rings is 1. The van der Waals surface area contributed by atoms with Crippen molar-refractivity contribution >= 4 is 11.4 Å². The molecule has 4 unspecified atom stereocenters. The second-order valence-corrected chi connectivity index (χ2v) is 7.08. The van der Waals surface area contributed by atoms with Gasteiger partial charge in [0, 0.05) is 0 Å². The molecule has 1 aliphatic carbocycles. The topological polar surface area (TPSA) is 59.1 Å². The maximum atomic E-state index is 13.0. The molecule has 0 amide bonds. The molecule has 2 bridgehead atoms. The van der Waals surface area contributed by atoms with E-state index in [-0.39, 0.29) is 47.8 Å². The minimum Gasteiger partial charge on any atom is -0.511 e. The van der Waals surface area contributed by atoms with E-state index >= 15 is 0 Å². The van der Waals surface area contributed by atoms with E-state index in [1.807, 2.05) is 20.8 Å². The van der Waals surface area contributed by atoms with Crippen LogP contribution in [0.1, 0.15) is 22.3 Å². The first-order valence-electron chi connectivity index (χ1n) is 7.85. The lowest BCUT2D eigenvalue weighted by Crippen LogP contribution is -2.34. The number of fused-ring (bicyclic) bond motifs is 8. The predicted octanol–water partition coefficient (Wildman–Crippen LogP) is 2.24. The molecule has 0 spiro atoms. The van der Waals surface area contributed by atoms with Crippen molar-refractivity contribution in [3.63, 3.8) is 0 Å². The van der Waals surface area contributed by atoms with E-state index in [9.17, 15) is 9.90 Å². The van der Waals surface area contributed by atoms with Crippen LogP contribution < -0.4 is 0 Å². The monoisotopic (exact) mass is 298 g/mol. The number of aliphatic hydroxyl groups is 1. The number of aryl methyl sites for hydroxylation is 3. The van der Waals surface area contributed by atoms with Gasteiger partial charge in [0.15, 0.2) is 5.78 Å². The van der Waals surface area contributed by atoms with Crippen molar-refractivity contribution in [3.05, 3.63) is 40.1 Å². The van der Waals surface area contributed by atoms with Crippen molar-refractivity contribution in [1.29, 1.82) is 0 Å². The molecule has 4 nitrogen and oxygen atoms in total. The van der Waals surface area contributed by atoms with Crippen molar-refractivity contribution in [2.75, 3.05) is 0 Å². The molecule has 3 saturated heterocycles. The lowest BCUT2D eigenvalue weighted by atomic mass is 9.80. The van der Waals surface area contributed by atoms with Gasteiger partial charge in [-0.3, -0.25) is 4.79 Å². The van der Waals surface area contributed by atoms with E-state index in [1.165, 1.54) is 5.56 Å². The minimum absolute atomic E-state index is 0.0269. The Morgan fingerprint density at radius 3 is 2.09 bits per heavy atom. The van der Waals surface area contributed by atoms with Crippen molar-refractivity contribution in [2.45, 2.75) is 45.2 Å². The molecule has 4 aliphatic rings. The second kappa shape index (κ2) is 3.81. The number of Topliss-reactive ketones (excluding diaryl/α,β-unsaturated/α-hetero) is 1. The first-order chi connectivity index (χ1) is 10.5. The zero-order valence-electron chi connectivity index (χ0n) is 12.8. The molecule has 0 aromatic heterocycles. The van der Waals surface area contributed by atoms with E-state index in [0.29, 0.717) is 5.57 Å². The number of carbonyl (C=O) groups excluding carboxylic acids is 1. The van der Waals surface area contributed by atoms with Gasteiger partial charge in [0.2, 0.25) is 0 Å². The van der Waals surface area contributed by atoms with E-state index in [1.54, 1.807) is 0 Å². The van der Waals surface area contributed by atoms with Crippen LogP contribution in [0.4, 0.5) is 0 Å². The fraction of sp³-hybridized carbons (Fsp3) is 0.500. The third-order valence-electron chi connectivity index (χ3n) is 5.67. The maximum Gasteiger partial charge on any atom is 0.173 e. The molecule has 114 valence electrons. The number of allylic oxidation sites excluding steroid dienone is 1. The quantitative estimate of drug-likeness (QED) is 0.808. The number of hydrogen-bond acceptors (Lipinski definition) is 4. The van der Waals surface area contributed by atoms with Crippen LogP contribution in [0.25, 0.3) is 5.57 Å². The van der Waals surface area contributed by atoms with Crippen LogP contribution in [-0.4, -0.2) is 35.3 Å². The molecule has 4 heteroatoms. The molecular weight excluding hydrogens is 280 g/mol. The van der Waals surface area contributed by atoms with Gasteiger partial charge in [0.1, 0.15) is 18.0 Å². The van der Waals surface area contributed by atoms with Gasteiger partial charge in [0.05, 0.1) is 29.6 Å². The maximum absolute atomic E-state index is 13.0. The van der Waals surface area contributed by atoms with Crippen LogP contribution in [0, 0.1) is 32.6 Å². The van der Waals surface area contributed by atoms with Gasteiger partial charge in [-0.2, -0.15) is 0 Å². The SMILES string of the molecule is Cc1cc(C)c(C2=C(O)[C@@H]3C4OC(C5OC54)[C@@H]3C2=O)c(C)c1. The Morgan fingerprint density at radius 1 is 0.909 bits per heavy atom. The largest absolute Gasteiger partial charge is 0.511 e. The Balaban J connectivity index is 1.67. The summed E-state index contributed by atoms with van der Waals surface area (Å²) in [5, 5.41) is 10.8. The molecule has 1 N–H and O–H groups in total. The van der Waals surface area contributed by atoms with Gasteiger partial charge in [-0.1, -0.05) is 17.7 Å². The van der Waals surface area contributed by atoms with E-state index in [2.05, 4.69) is 12.1 Å².